The number of ether oxygens (including phenoxy) is 1. The van der Waals surface area contributed by atoms with Gasteiger partial charge in [0.2, 0.25) is 11.8 Å². The molecule has 1 N–H and O–H groups in total. The molecule has 0 unspecified atom stereocenters. The molecule has 0 saturated carbocycles. The molecule has 0 heterocycles. The minimum Gasteiger partial charge on any atom is -0.497 e. The van der Waals surface area contributed by atoms with Crippen LogP contribution in [0.3, 0.4) is 0 Å². The Hall–Kier alpha value is -3.92. The first-order valence-electron chi connectivity index (χ1n) is 13.7. The van der Waals surface area contributed by atoms with Gasteiger partial charge >= 0.3 is 0 Å². The van der Waals surface area contributed by atoms with E-state index < -0.39 is 34.3 Å². The van der Waals surface area contributed by atoms with E-state index in [0.29, 0.717) is 18.7 Å². The summed E-state index contributed by atoms with van der Waals surface area (Å²) in [5.74, 6) is -0.933. The van der Waals surface area contributed by atoms with Crippen molar-refractivity contribution in [2.24, 2.45) is 0 Å². The number of carbonyl (C=O) groups is 2. The number of amides is 2. The second-order valence-electron chi connectivity index (χ2n) is 9.68. The van der Waals surface area contributed by atoms with E-state index in [1.165, 1.54) is 48.4 Å². The number of sulfonamides is 1. The van der Waals surface area contributed by atoms with Gasteiger partial charge in [-0.1, -0.05) is 44.5 Å². The second-order valence-corrected chi connectivity index (χ2v) is 11.5. The number of nitrogens with one attached hydrogen (secondary N) is 1. The van der Waals surface area contributed by atoms with Crippen LogP contribution >= 0.6 is 0 Å². The highest BCUT2D eigenvalue weighted by atomic mass is 32.2. The summed E-state index contributed by atoms with van der Waals surface area (Å²) in [4.78, 5) is 28.7. The molecule has 41 heavy (non-hydrogen) atoms. The molecule has 3 aromatic rings. The van der Waals surface area contributed by atoms with Gasteiger partial charge < -0.3 is 15.0 Å². The maximum atomic E-state index is 14.1. The zero-order valence-electron chi connectivity index (χ0n) is 24.0. The molecule has 220 valence electrons. The van der Waals surface area contributed by atoms with E-state index in [-0.39, 0.29) is 23.0 Å². The van der Waals surface area contributed by atoms with Crippen molar-refractivity contribution in [1.82, 2.24) is 10.2 Å². The lowest BCUT2D eigenvalue weighted by Gasteiger charge is -2.33. The normalized spacial score (nSPS) is 11.9. The topological polar surface area (TPSA) is 96.0 Å². The van der Waals surface area contributed by atoms with E-state index in [9.17, 15) is 22.4 Å². The fraction of sp³-hybridized carbons (Fsp3) is 0.355. The van der Waals surface area contributed by atoms with E-state index in [1.54, 1.807) is 0 Å². The van der Waals surface area contributed by atoms with Crippen LogP contribution in [-0.4, -0.2) is 51.4 Å². The molecule has 3 aromatic carbocycles. The van der Waals surface area contributed by atoms with E-state index in [0.717, 1.165) is 40.4 Å². The van der Waals surface area contributed by atoms with E-state index >= 15 is 0 Å². The fourth-order valence-electron chi connectivity index (χ4n) is 4.41. The SMILES string of the molecule is CCCCNC(=O)[C@@H](CC)N(Cc1ccccc1C)C(=O)CN(c1ccc(F)cc1)S(=O)(=O)c1ccc(OC)cc1. The predicted molar refractivity (Wildman–Crippen MR) is 158 cm³/mol. The lowest BCUT2D eigenvalue weighted by Crippen LogP contribution is -2.52. The summed E-state index contributed by atoms with van der Waals surface area (Å²) in [6.45, 7) is 5.75. The van der Waals surface area contributed by atoms with Gasteiger partial charge in [-0.3, -0.25) is 13.9 Å². The molecule has 0 aliphatic heterocycles. The Kier molecular flexibility index (Phi) is 11.3. The molecule has 0 aromatic heterocycles. The first-order chi connectivity index (χ1) is 19.6. The van der Waals surface area contributed by atoms with Crippen LogP contribution in [0.5, 0.6) is 5.75 Å². The molecule has 1 atom stereocenters. The molecule has 0 bridgehead atoms. The zero-order valence-corrected chi connectivity index (χ0v) is 24.8. The number of unbranched alkanes of at least 4 members (excludes halogenated alkanes) is 1. The average Bonchev–Trinajstić information content (AvgIpc) is 2.97. The van der Waals surface area contributed by atoms with Gasteiger partial charge in [-0.25, -0.2) is 12.8 Å². The Labute approximate surface area is 242 Å². The van der Waals surface area contributed by atoms with Gasteiger partial charge in [0.1, 0.15) is 24.2 Å². The number of hydrogen-bond donors (Lipinski definition) is 1. The van der Waals surface area contributed by atoms with Crippen molar-refractivity contribution in [3.8, 4) is 5.75 Å². The van der Waals surface area contributed by atoms with Crippen LogP contribution in [-0.2, 0) is 26.2 Å². The summed E-state index contributed by atoms with van der Waals surface area (Å²) in [7, 11) is -2.79. The highest BCUT2D eigenvalue weighted by Gasteiger charge is 2.33. The highest BCUT2D eigenvalue weighted by Crippen LogP contribution is 2.26. The molecule has 0 saturated heterocycles. The van der Waals surface area contributed by atoms with Crippen LogP contribution in [0, 0.1) is 12.7 Å². The summed E-state index contributed by atoms with van der Waals surface area (Å²) in [6, 6.07) is 17.4. The third-order valence-electron chi connectivity index (χ3n) is 6.86. The Balaban J connectivity index is 2.04. The van der Waals surface area contributed by atoms with E-state index in [4.69, 9.17) is 4.74 Å². The highest BCUT2D eigenvalue weighted by molar-refractivity contribution is 7.92. The van der Waals surface area contributed by atoms with Crippen LogP contribution in [0.1, 0.15) is 44.2 Å². The number of halogens is 1. The number of benzene rings is 3. The van der Waals surface area contributed by atoms with Gasteiger partial charge in [-0.2, -0.15) is 0 Å². The maximum Gasteiger partial charge on any atom is 0.264 e. The summed E-state index contributed by atoms with van der Waals surface area (Å²) in [5, 5.41) is 2.91. The molecule has 2 amide bonds. The standard InChI is InChI=1S/C31H38FN3O5S/c1-5-7-20-33-31(37)29(6-2)34(21-24-11-9-8-10-23(24)3)30(36)22-35(26-14-12-25(32)13-15-26)41(38,39)28-18-16-27(40-4)17-19-28/h8-19,29H,5-7,20-22H2,1-4H3,(H,33,37)/t29-/m1/s1. The lowest BCUT2D eigenvalue weighted by atomic mass is 10.1. The Morgan fingerprint density at radius 1 is 0.976 bits per heavy atom. The van der Waals surface area contributed by atoms with Crippen molar-refractivity contribution in [2.75, 3.05) is 24.5 Å². The number of anilines is 1. The summed E-state index contributed by atoms with van der Waals surface area (Å²) >= 11 is 0. The first-order valence-corrected chi connectivity index (χ1v) is 15.1. The third-order valence-corrected chi connectivity index (χ3v) is 8.65. The number of methoxy groups -OCH3 is 1. The molecule has 0 fully saturated rings. The van der Waals surface area contributed by atoms with Crippen molar-refractivity contribution in [3.63, 3.8) is 0 Å². The summed E-state index contributed by atoms with van der Waals surface area (Å²) in [5.41, 5.74) is 1.90. The van der Waals surface area contributed by atoms with Crippen molar-refractivity contribution < 1.29 is 27.1 Å². The molecular weight excluding hydrogens is 545 g/mol. The van der Waals surface area contributed by atoms with Gasteiger partial charge in [0.15, 0.2) is 0 Å². The van der Waals surface area contributed by atoms with Gasteiger partial charge in [0.05, 0.1) is 17.7 Å². The van der Waals surface area contributed by atoms with Crippen LogP contribution in [0.4, 0.5) is 10.1 Å². The van der Waals surface area contributed by atoms with Crippen molar-refractivity contribution in [1.29, 1.82) is 0 Å². The number of nitrogens with zero attached hydrogens (tertiary/aromatic N) is 2. The van der Waals surface area contributed by atoms with Crippen molar-refractivity contribution in [3.05, 3.63) is 89.7 Å². The van der Waals surface area contributed by atoms with Crippen molar-refractivity contribution >= 4 is 27.5 Å². The predicted octanol–water partition coefficient (Wildman–Crippen LogP) is 5.06. The quantitative estimate of drug-likeness (QED) is 0.268. The van der Waals surface area contributed by atoms with Gasteiger partial charge in [-0.05, 0) is 79.4 Å². The van der Waals surface area contributed by atoms with Gasteiger partial charge in [0.25, 0.3) is 10.0 Å². The van der Waals surface area contributed by atoms with Gasteiger partial charge in [0, 0.05) is 13.1 Å². The molecule has 8 nitrogen and oxygen atoms in total. The zero-order chi connectivity index (χ0) is 30.0. The summed E-state index contributed by atoms with van der Waals surface area (Å²) in [6.07, 6.45) is 2.03. The smallest absolute Gasteiger partial charge is 0.264 e. The second kappa shape index (κ2) is 14.6. The molecule has 0 radical (unpaired) electrons. The fourth-order valence-corrected chi connectivity index (χ4v) is 5.82. The minimum atomic E-state index is -4.26. The van der Waals surface area contributed by atoms with Gasteiger partial charge in [-0.15, -0.1) is 0 Å². The lowest BCUT2D eigenvalue weighted by molar-refractivity contribution is -0.140. The number of hydrogen-bond acceptors (Lipinski definition) is 5. The minimum absolute atomic E-state index is 0.0646. The monoisotopic (exact) mass is 583 g/mol. The van der Waals surface area contributed by atoms with Crippen LogP contribution in [0.15, 0.2) is 77.7 Å². The molecule has 0 aliphatic rings. The summed E-state index contributed by atoms with van der Waals surface area (Å²) < 4.78 is 47.6. The molecule has 10 heteroatoms. The molecule has 0 aliphatic carbocycles. The van der Waals surface area contributed by atoms with Crippen LogP contribution in [0.2, 0.25) is 0 Å². The van der Waals surface area contributed by atoms with Crippen LogP contribution < -0.4 is 14.4 Å². The van der Waals surface area contributed by atoms with Crippen molar-refractivity contribution in [2.45, 2.75) is 57.5 Å². The molecule has 3 rings (SSSR count). The van der Waals surface area contributed by atoms with Crippen LogP contribution in [0.25, 0.3) is 0 Å². The molecule has 0 spiro atoms. The molecular formula is C31H38FN3O5S. The Bertz CT molecular complexity index is 1410. The third kappa shape index (κ3) is 8.07. The largest absolute Gasteiger partial charge is 0.497 e. The average molecular weight is 584 g/mol. The Morgan fingerprint density at radius 3 is 2.22 bits per heavy atom. The first kappa shape index (κ1) is 31.6. The Morgan fingerprint density at radius 2 is 1.63 bits per heavy atom. The number of carbonyl (C=O) groups excluding carboxylic acids is 2. The maximum absolute atomic E-state index is 14.1. The number of rotatable bonds is 14. The van der Waals surface area contributed by atoms with E-state index in [1.807, 2.05) is 45.0 Å². The van der Waals surface area contributed by atoms with E-state index in [2.05, 4.69) is 5.32 Å². The number of aryl methyl sites for hydroxylation is 1.